The maximum Gasteiger partial charge on any atom is 0.237 e. The molecule has 1 fully saturated rings. The summed E-state index contributed by atoms with van der Waals surface area (Å²) < 4.78 is 0. The van der Waals surface area contributed by atoms with Gasteiger partial charge < -0.3 is 15.6 Å². The van der Waals surface area contributed by atoms with Crippen molar-refractivity contribution in [3.63, 3.8) is 0 Å². The fourth-order valence-electron chi connectivity index (χ4n) is 3.29. The fourth-order valence-corrected chi connectivity index (χ4v) is 3.29. The van der Waals surface area contributed by atoms with Crippen LogP contribution >= 0.6 is 0 Å². The van der Waals surface area contributed by atoms with E-state index in [9.17, 15) is 4.79 Å². The van der Waals surface area contributed by atoms with Gasteiger partial charge in [0.15, 0.2) is 5.95 Å². The number of carbonyl (C=O) groups excluding carboxylic acids is 1. The molecule has 1 amide bonds. The molecule has 4 rings (SSSR count). The molecule has 0 spiro atoms. The quantitative estimate of drug-likeness (QED) is 0.909. The van der Waals surface area contributed by atoms with Crippen molar-refractivity contribution < 1.29 is 4.79 Å². The van der Waals surface area contributed by atoms with Gasteiger partial charge in [0.1, 0.15) is 0 Å². The van der Waals surface area contributed by atoms with Crippen molar-refractivity contribution >= 4 is 28.6 Å². The summed E-state index contributed by atoms with van der Waals surface area (Å²) >= 11 is 0. The first-order chi connectivity index (χ1) is 9.96. The molecule has 2 aromatic rings. The molecule has 0 unspecified atom stereocenters. The van der Waals surface area contributed by atoms with E-state index in [-0.39, 0.29) is 5.91 Å². The maximum atomic E-state index is 12.8. The number of carbonyl (C=O) groups is 1. The van der Waals surface area contributed by atoms with Crippen molar-refractivity contribution in [3.05, 3.63) is 17.7 Å². The summed E-state index contributed by atoms with van der Waals surface area (Å²) in [5.74, 6) is 1.43. The monoisotopic (exact) mass is 284 g/mol. The molecular weight excluding hydrogens is 264 g/mol. The van der Waals surface area contributed by atoms with Gasteiger partial charge in [0.25, 0.3) is 0 Å². The van der Waals surface area contributed by atoms with E-state index in [1.54, 1.807) is 0 Å². The number of nitrogen functional groups attached to an aromatic ring is 1. The lowest BCUT2D eigenvalue weighted by Crippen LogP contribution is -2.36. The van der Waals surface area contributed by atoms with Crippen LogP contribution < -0.4 is 10.6 Å². The number of amides is 1. The topological polar surface area (TPSA) is 75.0 Å². The zero-order valence-corrected chi connectivity index (χ0v) is 12.4. The number of imidazole rings is 1. The molecule has 21 heavy (non-hydrogen) atoms. The molecule has 0 radical (unpaired) electrons. The summed E-state index contributed by atoms with van der Waals surface area (Å²) in [6, 6.07) is 4.03. The summed E-state index contributed by atoms with van der Waals surface area (Å²) in [6.07, 6.45) is 3.72. The molecule has 110 valence electrons. The normalized spacial score (nSPS) is 20.3. The van der Waals surface area contributed by atoms with Gasteiger partial charge in [-0.25, -0.2) is 4.98 Å². The summed E-state index contributed by atoms with van der Waals surface area (Å²) in [6.45, 7) is 4.80. The molecule has 0 saturated heterocycles. The van der Waals surface area contributed by atoms with Crippen molar-refractivity contribution in [2.75, 3.05) is 17.2 Å². The number of aromatic amines is 1. The van der Waals surface area contributed by atoms with E-state index in [4.69, 9.17) is 5.73 Å². The van der Waals surface area contributed by atoms with Crippen LogP contribution in [0.15, 0.2) is 12.1 Å². The Bertz CT molecular complexity index is 742. The highest BCUT2D eigenvalue weighted by atomic mass is 16.2. The molecule has 0 atom stereocenters. The number of anilines is 2. The van der Waals surface area contributed by atoms with Gasteiger partial charge in [0, 0.05) is 6.54 Å². The van der Waals surface area contributed by atoms with E-state index in [1.807, 2.05) is 30.9 Å². The maximum absolute atomic E-state index is 12.8. The van der Waals surface area contributed by atoms with Gasteiger partial charge in [-0.2, -0.15) is 0 Å². The van der Waals surface area contributed by atoms with Crippen LogP contribution in [-0.4, -0.2) is 22.4 Å². The second kappa shape index (κ2) is 4.00. The predicted molar refractivity (Wildman–Crippen MR) is 83.2 cm³/mol. The SMILES string of the molecule is CC1(C)C(=O)N(CCC2CC2)c2cc3nc(N)[nH]c3cc21. The zero-order chi connectivity index (χ0) is 14.8. The molecule has 1 aromatic carbocycles. The lowest BCUT2D eigenvalue weighted by molar-refractivity contribution is -0.122. The molecule has 3 N–H and O–H groups in total. The summed E-state index contributed by atoms with van der Waals surface area (Å²) in [5, 5.41) is 0. The Kier molecular flexibility index (Phi) is 2.41. The van der Waals surface area contributed by atoms with E-state index < -0.39 is 5.41 Å². The van der Waals surface area contributed by atoms with Crippen molar-refractivity contribution in [1.82, 2.24) is 9.97 Å². The molecule has 5 heteroatoms. The largest absolute Gasteiger partial charge is 0.369 e. The van der Waals surface area contributed by atoms with Crippen LogP contribution in [0.2, 0.25) is 0 Å². The minimum atomic E-state index is -0.479. The van der Waals surface area contributed by atoms with Crippen molar-refractivity contribution in [2.24, 2.45) is 5.92 Å². The van der Waals surface area contributed by atoms with Gasteiger partial charge in [-0.15, -0.1) is 0 Å². The van der Waals surface area contributed by atoms with Gasteiger partial charge in [-0.3, -0.25) is 4.79 Å². The highest BCUT2D eigenvalue weighted by Gasteiger charge is 2.44. The number of aromatic nitrogens is 2. The van der Waals surface area contributed by atoms with Crippen LogP contribution in [0.1, 0.15) is 38.7 Å². The van der Waals surface area contributed by atoms with Crippen molar-refractivity contribution in [3.8, 4) is 0 Å². The van der Waals surface area contributed by atoms with Gasteiger partial charge >= 0.3 is 0 Å². The van der Waals surface area contributed by atoms with Crippen molar-refractivity contribution in [2.45, 2.75) is 38.5 Å². The lowest BCUT2D eigenvalue weighted by atomic mass is 9.86. The van der Waals surface area contributed by atoms with Crippen LogP contribution in [0.3, 0.4) is 0 Å². The predicted octanol–water partition coefficient (Wildman–Crippen LogP) is 2.57. The Morgan fingerprint density at radius 3 is 2.90 bits per heavy atom. The first kappa shape index (κ1) is 12.7. The molecule has 1 aliphatic carbocycles. The number of nitrogens with one attached hydrogen (secondary N) is 1. The first-order valence-electron chi connectivity index (χ1n) is 7.58. The Hall–Kier alpha value is -2.04. The number of fused-ring (bicyclic) bond motifs is 2. The number of rotatable bonds is 3. The van der Waals surface area contributed by atoms with E-state index in [1.165, 1.54) is 12.8 Å². The molecule has 2 aliphatic rings. The minimum absolute atomic E-state index is 0.193. The first-order valence-corrected chi connectivity index (χ1v) is 7.58. The zero-order valence-electron chi connectivity index (χ0n) is 12.4. The Morgan fingerprint density at radius 2 is 2.19 bits per heavy atom. The summed E-state index contributed by atoms with van der Waals surface area (Å²) in [5.41, 5.74) is 9.06. The van der Waals surface area contributed by atoms with Gasteiger partial charge in [-0.1, -0.05) is 12.8 Å². The minimum Gasteiger partial charge on any atom is -0.369 e. The van der Waals surface area contributed by atoms with Gasteiger partial charge in [-0.05, 0) is 43.9 Å². The average Bonchev–Trinajstić information content (AvgIpc) is 3.14. The standard InChI is InChI=1S/C16H20N4O/c1-16(2)10-7-11-12(19-15(17)18-11)8-13(10)20(14(16)21)6-5-9-3-4-9/h7-9H,3-6H2,1-2H3,(H3,17,18,19). The Balaban J connectivity index is 1.81. The molecule has 0 bridgehead atoms. The van der Waals surface area contributed by atoms with Gasteiger partial charge in [0.2, 0.25) is 5.91 Å². The van der Waals surface area contributed by atoms with Crippen LogP contribution in [0, 0.1) is 5.92 Å². The number of hydrogen-bond acceptors (Lipinski definition) is 3. The number of nitrogens with two attached hydrogens (primary N) is 1. The van der Waals surface area contributed by atoms with Gasteiger partial charge in [0.05, 0.1) is 22.1 Å². The third-order valence-electron chi connectivity index (χ3n) is 4.82. The summed E-state index contributed by atoms with van der Waals surface area (Å²) in [7, 11) is 0. The molecular formula is C16H20N4O. The Morgan fingerprint density at radius 1 is 1.43 bits per heavy atom. The highest BCUT2D eigenvalue weighted by Crippen LogP contribution is 2.44. The highest BCUT2D eigenvalue weighted by molar-refractivity contribution is 6.09. The molecule has 2 heterocycles. The number of nitrogens with zero attached hydrogens (tertiary/aromatic N) is 2. The lowest BCUT2D eigenvalue weighted by Gasteiger charge is -2.20. The third-order valence-corrected chi connectivity index (χ3v) is 4.82. The summed E-state index contributed by atoms with van der Waals surface area (Å²) in [4.78, 5) is 22.0. The van der Waals surface area contributed by atoms with Crippen LogP contribution in [0.25, 0.3) is 11.0 Å². The average molecular weight is 284 g/mol. The van der Waals surface area contributed by atoms with Crippen LogP contribution in [0.4, 0.5) is 11.6 Å². The molecule has 1 aromatic heterocycles. The molecule has 5 nitrogen and oxygen atoms in total. The van der Waals surface area contributed by atoms with E-state index in [0.29, 0.717) is 5.95 Å². The second-order valence-electron chi connectivity index (χ2n) is 6.82. The van der Waals surface area contributed by atoms with E-state index in [0.717, 1.165) is 41.2 Å². The van der Waals surface area contributed by atoms with Crippen LogP contribution in [-0.2, 0) is 10.2 Å². The second-order valence-corrected chi connectivity index (χ2v) is 6.82. The third kappa shape index (κ3) is 1.83. The van der Waals surface area contributed by atoms with Crippen LogP contribution in [0.5, 0.6) is 0 Å². The smallest absolute Gasteiger partial charge is 0.237 e. The fraction of sp³-hybridized carbons (Fsp3) is 0.500. The molecule has 1 aliphatic heterocycles. The molecule has 1 saturated carbocycles. The van der Waals surface area contributed by atoms with E-state index in [2.05, 4.69) is 9.97 Å². The van der Waals surface area contributed by atoms with Crippen molar-refractivity contribution in [1.29, 1.82) is 0 Å². The number of H-pyrrole nitrogens is 1. The number of benzene rings is 1. The van der Waals surface area contributed by atoms with E-state index >= 15 is 0 Å². The Labute approximate surface area is 123 Å². The number of hydrogen-bond donors (Lipinski definition) is 2.